The Morgan fingerprint density at radius 2 is 2.06 bits per heavy atom. The fourth-order valence-electron chi connectivity index (χ4n) is 0.941. The maximum absolute atomic E-state index is 11.2. The predicted molar refractivity (Wildman–Crippen MR) is 60.7 cm³/mol. The van der Waals surface area contributed by atoms with E-state index in [4.69, 9.17) is 5.11 Å². The first-order valence-corrected chi connectivity index (χ1v) is 5.47. The van der Waals surface area contributed by atoms with Crippen molar-refractivity contribution in [2.45, 2.75) is 13.8 Å². The highest BCUT2D eigenvalue weighted by Gasteiger charge is 2.06. The van der Waals surface area contributed by atoms with Gasteiger partial charge in [0.1, 0.15) is 6.54 Å². The molecular formula is C9H13N3O3S. The fourth-order valence-corrected chi connectivity index (χ4v) is 1.75. The van der Waals surface area contributed by atoms with Crippen molar-refractivity contribution in [2.24, 2.45) is 0 Å². The van der Waals surface area contributed by atoms with Crippen molar-refractivity contribution in [3.05, 3.63) is 10.6 Å². The van der Waals surface area contributed by atoms with E-state index in [9.17, 15) is 9.59 Å². The van der Waals surface area contributed by atoms with Crippen LogP contribution in [0, 0.1) is 13.8 Å². The van der Waals surface area contributed by atoms with E-state index in [1.165, 1.54) is 11.3 Å². The second-order valence-electron chi connectivity index (χ2n) is 3.18. The minimum Gasteiger partial charge on any atom is -0.480 e. The molecular weight excluding hydrogens is 230 g/mol. The van der Waals surface area contributed by atoms with E-state index < -0.39 is 5.97 Å². The van der Waals surface area contributed by atoms with Gasteiger partial charge in [-0.25, -0.2) is 4.98 Å². The third-order valence-electron chi connectivity index (χ3n) is 1.87. The van der Waals surface area contributed by atoms with Gasteiger partial charge in [-0.15, -0.1) is 11.3 Å². The largest absolute Gasteiger partial charge is 0.480 e. The SMILES string of the molecule is Cc1nc(NCC(=O)NCC(=O)O)sc1C. The monoisotopic (exact) mass is 243 g/mol. The molecule has 0 spiro atoms. The quantitative estimate of drug-likeness (QED) is 0.695. The number of hydrogen-bond donors (Lipinski definition) is 3. The highest BCUT2D eigenvalue weighted by molar-refractivity contribution is 7.15. The van der Waals surface area contributed by atoms with Crippen molar-refractivity contribution in [3.8, 4) is 0 Å². The summed E-state index contributed by atoms with van der Waals surface area (Å²) in [5.41, 5.74) is 0.929. The molecule has 1 aromatic rings. The third-order valence-corrected chi connectivity index (χ3v) is 2.90. The van der Waals surface area contributed by atoms with E-state index in [1.54, 1.807) is 0 Å². The van der Waals surface area contributed by atoms with Gasteiger partial charge >= 0.3 is 5.97 Å². The van der Waals surface area contributed by atoms with Gasteiger partial charge in [-0.05, 0) is 13.8 Å². The number of aliphatic carboxylic acids is 1. The number of carbonyl (C=O) groups is 2. The molecule has 0 saturated heterocycles. The number of thiazole rings is 1. The predicted octanol–water partition coefficient (Wildman–Crippen LogP) is 0.373. The maximum Gasteiger partial charge on any atom is 0.322 e. The van der Waals surface area contributed by atoms with Gasteiger partial charge in [0.15, 0.2) is 5.13 Å². The molecule has 0 aliphatic carbocycles. The molecule has 0 aliphatic heterocycles. The van der Waals surface area contributed by atoms with Gasteiger partial charge in [-0.2, -0.15) is 0 Å². The zero-order valence-corrected chi connectivity index (χ0v) is 9.85. The van der Waals surface area contributed by atoms with E-state index in [1.807, 2.05) is 13.8 Å². The zero-order valence-electron chi connectivity index (χ0n) is 9.03. The van der Waals surface area contributed by atoms with E-state index in [0.29, 0.717) is 5.13 Å². The van der Waals surface area contributed by atoms with Crippen molar-refractivity contribution in [2.75, 3.05) is 18.4 Å². The average molecular weight is 243 g/mol. The molecule has 0 aromatic carbocycles. The summed E-state index contributed by atoms with van der Waals surface area (Å²) in [6, 6.07) is 0. The molecule has 0 fully saturated rings. The van der Waals surface area contributed by atoms with Gasteiger partial charge in [-0.3, -0.25) is 9.59 Å². The van der Waals surface area contributed by atoms with Crippen molar-refractivity contribution in [3.63, 3.8) is 0 Å². The summed E-state index contributed by atoms with van der Waals surface area (Å²) >= 11 is 1.46. The minimum atomic E-state index is -1.06. The molecule has 0 atom stereocenters. The van der Waals surface area contributed by atoms with Crippen LogP contribution in [0.25, 0.3) is 0 Å². The summed E-state index contributed by atoms with van der Waals surface area (Å²) in [5.74, 6) is -1.43. The molecule has 7 heteroatoms. The summed E-state index contributed by atoms with van der Waals surface area (Å²) in [5, 5.41) is 14.1. The Hall–Kier alpha value is -1.63. The summed E-state index contributed by atoms with van der Waals surface area (Å²) in [6.45, 7) is 3.50. The summed E-state index contributed by atoms with van der Waals surface area (Å²) in [4.78, 5) is 26.6. The number of aryl methyl sites for hydroxylation is 2. The Balaban J connectivity index is 2.34. The number of carbonyl (C=O) groups excluding carboxylic acids is 1. The van der Waals surface area contributed by atoms with Crippen LogP contribution in [-0.4, -0.2) is 35.1 Å². The first-order chi connectivity index (χ1) is 7.49. The Labute approximate surface area is 96.7 Å². The van der Waals surface area contributed by atoms with Crippen LogP contribution in [0.5, 0.6) is 0 Å². The van der Waals surface area contributed by atoms with Gasteiger partial charge in [0.05, 0.1) is 12.2 Å². The van der Waals surface area contributed by atoms with Gasteiger partial charge in [-0.1, -0.05) is 0 Å². The van der Waals surface area contributed by atoms with Crippen LogP contribution in [0.3, 0.4) is 0 Å². The van der Waals surface area contributed by atoms with Crippen LogP contribution >= 0.6 is 11.3 Å². The number of aromatic nitrogens is 1. The molecule has 6 nitrogen and oxygen atoms in total. The lowest BCUT2D eigenvalue weighted by atomic mass is 10.4. The van der Waals surface area contributed by atoms with Crippen molar-refractivity contribution in [1.82, 2.24) is 10.3 Å². The molecule has 0 saturated carbocycles. The van der Waals surface area contributed by atoms with Crippen molar-refractivity contribution >= 4 is 28.3 Å². The van der Waals surface area contributed by atoms with Crippen molar-refractivity contribution in [1.29, 1.82) is 0 Å². The standard InChI is InChI=1S/C9H13N3O3S/c1-5-6(2)16-9(12-5)11-3-7(13)10-4-8(14)15/h3-4H2,1-2H3,(H,10,13)(H,11,12)(H,14,15). The summed E-state index contributed by atoms with van der Waals surface area (Å²) < 4.78 is 0. The Morgan fingerprint density at radius 1 is 1.38 bits per heavy atom. The van der Waals surface area contributed by atoms with Gasteiger partial charge < -0.3 is 15.7 Å². The molecule has 0 bridgehead atoms. The molecule has 1 aromatic heterocycles. The topological polar surface area (TPSA) is 91.3 Å². The van der Waals surface area contributed by atoms with Crippen LogP contribution in [0.1, 0.15) is 10.6 Å². The first kappa shape index (κ1) is 12.4. The Kier molecular flexibility index (Phi) is 4.24. The minimum absolute atomic E-state index is 0.0275. The summed E-state index contributed by atoms with van der Waals surface area (Å²) in [6.07, 6.45) is 0. The Morgan fingerprint density at radius 3 is 2.56 bits per heavy atom. The number of anilines is 1. The van der Waals surface area contributed by atoms with Crippen molar-refractivity contribution < 1.29 is 14.7 Å². The van der Waals surface area contributed by atoms with Gasteiger partial charge in [0, 0.05) is 4.88 Å². The normalized spacial score (nSPS) is 9.88. The first-order valence-electron chi connectivity index (χ1n) is 4.65. The second kappa shape index (κ2) is 5.45. The number of rotatable bonds is 5. The van der Waals surface area contributed by atoms with Crippen LogP contribution in [-0.2, 0) is 9.59 Å². The summed E-state index contributed by atoms with van der Waals surface area (Å²) in [7, 11) is 0. The van der Waals surface area contributed by atoms with Gasteiger partial charge in [0.2, 0.25) is 5.91 Å². The van der Waals surface area contributed by atoms with E-state index in [-0.39, 0.29) is 19.0 Å². The molecule has 0 radical (unpaired) electrons. The molecule has 0 unspecified atom stereocenters. The Bertz CT molecular complexity index is 383. The van der Waals surface area contributed by atoms with Crippen LogP contribution in [0.15, 0.2) is 0 Å². The maximum atomic E-state index is 11.2. The van der Waals surface area contributed by atoms with E-state index in [2.05, 4.69) is 15.6 Å². The molecule has 0 aliphatic rings. The highest BCUT2D eigenvalue weighted by atomic mass is 32.1. The number of nitrogens with zero attached hydrogens (tertiary/aromatic N) is 1. The highest BCUT2D eigenvalue weighted by Crippen LogP contribution is 2.20. The van der Waals surface area contributed by atoms with E-state index >= 15 is 0 Å². The number of nitrogens with one attached hydrogen (secondary N) is 2. The fraction of sp³-hybridized carbons (Fsp3) is 0.444. The number of carboxylic acids is 1. The molecule has 1 amide bonds. The molecule has 3 N–H and O–H groups in total. The van der Waals surface area contributed by atoms with Crippen LogP contribution in [0.4, 0.5) is 5.13 Å². The lowest BCUT2D eigenvalue weighted by Gasteiger charge is -2.02. The lowest BCUT2D eigenvalue weighted by molar-refractivity contribution is -0.137. The zero-order chi connectivity index (χ0) is 12.1. The molecule has 1 rings (SSSR count). The van der Waals surface area contributed by atoms with E-state index in [0.717, 1.165) is 10.6 Å². The third kappa shape index (κ3) is 3.85. The molecule has 1 heterocycles. The number of carboxylic acid groups (broad SMARTS) is 1. The smallest absolute Gasteiger partial charge is 0.322 e. The van der Waals surface area contributed by atoms with Gasteiger partial charge in [0.25, 0.3) is 0 Å². The average Bonchev–Trinajstić information content (AvgIpc) is 2.52. The number of hydrogen-bond acceptors (Lipinski definition) is 5. The second-order valence-corrected chi connectivity index (χ2v) is 4.39. The van der Waals surface area contributed by atoms with Crippen LogP contribution in [0.2, 0.25) is 0 Å². The molecule has 88 valence electrons. The lowest BCUT2D eigenvalue weighted by Crippen LogP contribution is -2.33. The molecule has 16 heavy (non-hydrogen) atoms. The number of amides is 1. The van der Waals surface area contributed by atoms with Crippen LogP contribution < -0.4 is 10.6 Å².